The first-order valence-electron chi connectivity index (χ1n) is 5.83. The Balaban J connectivity index is 2.76. The van der Waals surface area contributed by atoms with Crippen LogP contribution in [0.1, 0.15) is 24.5 Å². The lowest BCUT2D eigenvalue weighted by molar-refractivity contribution is 0.200. The molecule has 0 saturated heterocycles. The highest BCUT2D eigenvalue weighted by molar-refractivity contribution is 5.70. The van der Waals surface area contributed by atoms with Gasteiger partial charge in [-0.25, -0.2) is 4.79 Å². The van der Waals surface area contributed by atoms with Crippen molar-refractivity contribution in [3.63, 3.8) is 0 Å². The predicted molar refractivity (Wildman–Crippen MR) is 69.4 cm³/mol. The van der Waals surface area contributed by atoms with Crippen LogP contribution in [0.4, 0.5) is 4.79 Å². The van der Waals surface area contributed by atoms with Crippen LogP contribution in [0.5, 0.6) is 5.75 Å². The van der Waals surface area contributed by atoms with Gasteiger partial charge in [-0.05, 0) is 37.0 Å². The zero-order valence-electron chi connectivity index (χ0n) is 10.5. The van der Waals surface area contributed by atoms with Gasteiger partial charge >= 0.3 is 6.09 Å². The van der Waals surface area contributed by atoms with E-state index in [-0.39, 0.29) is 0 Å². The van der Waals surface area contributed by atoms with Crippen LogP contribution in [0.2, 0.25) is 0 Å². The molecule has 0 aliphatic rings. The zero-order chi connectivity index (χ0) is 12.7. The van der Waals surface area contributed by atoms with Gasteiger partial charge in [-0.2, -0.15) is 0 Å². The summed E-state index contributed by atoms with van der Waals surface area (Å²) in [6.45, 7) is 8.28. The van der Waals surface area contributed by atoms with Gasteiger partial charge in [0.15, 0.2) is 0 Å². The molecule has 1 N–H and O–H groups in total. The maximum Gasteiger partial charge on any atom is 0.412 e. The van der Waals surface area contributed by atoms with Crippen LogP contribution in [-0.4, -0.2) is 12.6 Å². The molecule has 0 bridgehead atoms. The monoisotopic (exact) mass is 233 g/mol. The maximum atomic E-state index is 11.5. The Bertz CT molecular complexity index is 399. The van der Waals surface area contributed by atoms with E-state index in [0.717, 1.165) is 17.5 Å². The van der Waals surface area contributed by atoms with Gasteiger partial charge in [0, 0.05) is 6.54 Å². The van der Waals surface area contributed by atoms with Crippen molar-refractivity contribution in [2.75, 3.05) is 6.54 Å². The molecule has 0 atom stereocenters. The molecular formula is C14H19NO2. The summed E-state index contributed by atoms with van der Waals surface area (Å²) in [5.41, 5.74) is 2.04. The van der Waals surface area contributed by atoms with E-state index in [4.69, 9.17) is 4.74 Å². The lowest BCUT2D eigenvalue weighted by Gasteiger charge is -2.10. The van der Waals surface area contributed by atoms with Crippen LogP contribution in [0.3, 0.4) is 0 Å². The molecule has 1 aromatic rings. The van der Waals surface area contributed by atoms with Crippen LogP contribution in [0.25, 0.3) is 0 Å². The van der Waals surface area contributed by atoms with Gasteiger partial charge in [-0.1, -0.05) is 25.1 Å². The van der Waals surface area contributed by atoms with Crippen LogP contribution >= 0.6 is 0 Å². The first kappa shape index (κ1) is 13.3. The Morgan fingerprint density at radius 2 is 2.29 bits per heavy atom. The third-order valence-electron chi connectivity index (χ3n) is 2.31. The maximum absolute atomic E-state index is 11.5. The largest absolute Gasteiger partial charge is 0.412 e. The molecule has 0 fully saturated rings. The van der Waals surface area contributed by atoms with E-state index < -0.39 is 6.09 Å². The molecule has 3 heteroatoms. The van der Waals surface area contributed by atoms with E-state index in [1.165, 1.54) is 0 Å². The second-order valence-electron chi connectivity index (χ2n) is 3.92. The van der Waals surface area contributed by atoms with Crippen molar-refractivity contribution in [2.45, 2.75) is 26.7 Å². The first-order valence-corrected chi connectivity index (χ1v) is 5.83. The summed E-state index contributed by atoms with van der Waals surface area (Å²) >= 11 is 0. The number of allylic oxidation sites excluding steroid dienone is 1. The number of carbonyl (C=O) groups excluding carboxylic acids is 1. The van der Waals surface area contributed by atoms with Gasteiger partial charge in [0.1, 0.15) is 5.75 Å². The molecule has 92 valence electrons. The number of carbonyl (C=O) groups is 1. The molecule has 0 spiro atoms. The minimum absolute atomic E-state index is 0.400. The van der Waals surface area contributed by atoms with Crippen molar-refractivity contribution in [3.05, 3.63) is 42.0 Å². The van der Waals surface area contributed by atoms with Crippen molar-refractivity contribution < 1.29 is 9.53 Å². The molecule has 0 radical (unpaired) electrons. The van der Waals surface area contributed by atoms with Crippen molar-refractivity contribution in [3.8, 4) is 5.75 Å². The summed E-state index contributed by atoms with van der Waals surface area (Å²) in [5.74, 6) is 0.610. The number of amides is 1. The summed E-state index contributed by atoms with van der Waals surface area (Å²) in [7, 11) is 0. The Morgan fingerprint density at radius 3 is 2.94 bits per heavy atom. The molecule has 17 heavy (non-hydrogen) atoms. The fourth-order valence-corrected chi connectivity index (χ4v) is 1.44. The van der Waals surface area contributed by atoms with Gasteiger partial charge in [-0.3, -0.25) is 0 Å². The number of hydrogen-bond donors (Lipinski definition) is 1. The number of benzene rings is 1. The molecular weight excluding hydrogens is 214 g/mol. The fourth-order valence-electron chi connectivity index (χ4n) is 1.44. The molecule has 3 nitrogen and oxygen atoms in total. The lowest BCUT2D eigenvalue weighted by atomic mass is 10.1. The number of hydrogen-bond acceptors (Lipinski definition) is 2. The van der Waals surface area contributed by atoms with E-state index in [1.54, 1.807) is 6.08 Å². The number of nitrogens with one attached hydrogen (secondary N) is 1. The normalized spacial score (nSPS) is 9.76. The summed E-state index contributed by atoms with van der Waals surface area (Å²) in [6, 6.07) is 5.82. The predicted octanol–water partition coefficient (Wildman–Crippen LogP) is 3.22. The van der Waals surface area contributed by atoms with Crippen molar-refractivity contribution in [1.29, 1.82) is 0 Å². The van der Waals surface area contributed by atoms with E-state index in [0.29, 0.717) is 18.7 Å². The average Bonchev–Trinajstić information content (AvgIpc) is 2.30. The Kier molecular flexibility index (Phi) is 5.27. The van der Waals surface area contributed by atoms with Gasteiger partial charge in [0.2, 0.25) is 0 Å². The first-order chi connectivity index (χ1) is 8.17. The molecule has 0 heterocycles. The summed E-state index contributed by atoms with van der Waals surface area (Å²) < 4.78 is 5.28. The van der Waals surface area contributed by atoms with Gasteiger partial charge < -0.3 is 10.1 Å². The minimum atomic E-state index is -0.400. The molecule has 0 aromatic heterocycles. The quantitative estimate of drug-likeness (QED) is 0.793. The third-order valence-corrected chi connectivity index (χ3v) is 2.31. The second kappa shape index (κ2) is 6.74. The highest BCUT2D eigenvalue weighted by atomic mass is 16.6. The highest BCUT2D eigenvalue weighted by Gasteiger charge is 2.07. The zero-order valence-corrected chi connectivity index (χ0v) is 10.5. The molecule has 0 saturated carbocycles. The van der Waals surface area contributed by atoms with Gasteiger partial charge in [0.25, 0.3) is 0 Å². The summed E-state index contributed by atoms with van der Waals surface area (Å²) in [6.07, 6.45) is 2.98. The summed E-state index contributed by atoms with van der Waals surface area (Å²) in [4.78, 5) is 11.5. The highest BCUT2D eigenvalue weighted by Crippen LogP contribution is 2.21. The van der Waals surface area contributed by atoms with Crippen LogP contribution in [-0.2, 0) is 6.42 Å². The van der Waals surface area contributed by atoms with Crippen molar-refractivity contribution in [1.82, 2.24) is 5.32 Å². The van der Waals surface area contributed by atoms with Crippen LogP contribution < -0.4 is 10.1 Å². The standard InChI is InChI=1S/C14H19NO2/c1-4-6-12-8-7-11(3)10-13(12)17-14(16)15-9-5-2/h4,7-8,10H,1,5-6,9H2,2-3H3,(H,15,16). The number of aryl methyl sites for hydroxylation is 1. The molecule has 1 aromatic carbocycles. The van der Waals surface area contributed by atoms with Crippen molar-refractivity contribution in [2.24, 2.45) is 0 Å². The lowest BCUT2D eigenvalue weighted by Crippen LogP contribution is -2.27. The second-order valence-corrected chi connectivity index (χ2v) is 3.92. The van der Waals surface area contributed by atoms with E-state index >= 15 is 0 Å². The van der Waals surface area contributed by atoms with Crippen molar-refractivity contribution >= 4 is 6.09 Å². The minimum Gasteiger partial charge on any atom is -0.410 e. The van der Waals surface area contributed by atoms with E-state index in [9.17, 15) is 4.79 Å². The molecule has 0 aliphatic heterocycles. The molecule has 0 aliphatic carbocycles. The van der Waals surface area contributed by atoms with Crippen LogP contribution in [0.15, 0.2) is 30.9 Å². The smallest absolute Gasteiger partial charge is 0.410 e. The topological polar surface area (TPSA) is 38.3 Å². The number of ether oxygens (including phenoxy) is 1. The molecule has 1 rings (SSSR count). The number of rotatable bonds is 5. The summed E-state index contributed by atoms with van der Waals surface area (Å²) in [5, 5.41) is 2.68. The molecule has 1 amide bonds. The Morgan fingerprint density at radius 1 is 1.53 bits per heavy atom. The molecule has 0 unspecified atom stereocenters. The van der Waals surface area contributed by atoms with E-state index in [1.807, 2.05) is 32.0 Å². The van der Waals surface area contributed by atoms with Crippen LogP contribution in [0, 0.1) is 6.92 Å². The Hall–Kier alpha value is -1.77. The van der Waals surface area contributed by atoms with Gasteiger partial charge in [0.05, 0.1) is 0 Å². The average molecular weight is 233 g/mol. The Labute approximate surface area is 102 Å². The fraction of sp³-hybridized carbons (Fsp3) is 0.357. The van der Waals surface area contributed by atoms with E-state index in [2.05, 4.69) is 11.9 Å². The third kappa shape index (κ3) is 4.31. The SMILES string of the molecule is C=CCc1ccc(C)cc1OC(=O)NCCC. The van der Waals surface area contributed by atoms with Gasteiger partial charge in [-0.15, -0.1) is 6.58 Å².